The second kappa shape index (κ2) is 20.6. The van der Waals surface area contributed by atoms with E-state index in [1.165, 1.54) is 18.0 Å². The summed E-state index contributed by atoms with van der Waals surface area (Å²) in [5.74, 6) is -0.882. The zero-order valence-corrected chi connectivity index (χ0v) is 26.4. The average Bonchev–Trinajstić information content (AvgIpc) is 3.47. The molecule has 0 saturated carbocycles. The number of anilines is 1. The van der Waals surface area contributed by atoms with Crippen LogP contribution >= 0.6 is 11.8 Å². The maximum absolute atomic E-state index is 12.7. The van der Waals surface area contributed by atoms with Crippen molar-refractivity contribution in [1.82, 2.24) is 15.0 Å². The lowest BCUT2D eigenvalue weighted by molar-refractivity contribution is -0.254. The first kappa shape index (κ1) is 37.8. The van der Waals surface area contributed by atoms with Gasteiger partial charge in [-0.1, -0.05) is 57.6 Å². The zero-order chi connectivity index (χ0) is 32.5. The highest BCUT2D eigenvalue weighted by atomic mass is 32.2. The number of ether oxygens (including phenoxy) is 3. The highest BCUT2D eigenvalue weighted by Gasteiger charge is 2.44. The number of nitrogens with one attached hydrogen (secondary N) is 1. The lowest BCUT2D eigenvalue weighted by Crippen LogP contribution is -2.56. The fourth-order valence-electron chi connectivity index (χ4n) is 4.39. The summed E-state index contributed by atoms with van der Waals surface area (Å²) in [5.41, 5.74) is 6.06. The molecule has 1 aliphatic rings. The predicted octanol–water partition coefficient (Wildman–Crippen LogP) is 0.645. The molecule has 0 radical (unpaired) electrons. The van der Waals surface area contributed by atoms with Gasteiger partial charge in [0.05, 0.1) is 18.8 Å². The van der Waals surface area contributed by atoms with Crippen LogP contribution in [0, 0.1) is 0 Å². The molecule has 1 aromatic heterocycles. The van der Waals surface area contributed by atoms with Crippen LogP contribution in [0.3, 0.4) is 0 Å². The van der Waals surface area contributed by atoms with Crippen LogP contribution in [0.4, 0.5) is 5.82 Å². The molecule has 44 heavy (non-hydrogen) atoms. The van der Waals surface area contributed by atoms with Crippen LogP contribution in [0.1, 0.15) is 84.3 Å². The average molecular weight is 648 g/mol. The molecule has 1 fully saturated rings. The molecule has 1 saturated heterocycles. The van der Waals surface area contributed by atoms with Gasteiger partial charge in [0.25, 0.3) is 0 Å². The molecule has 0 spiro atoms. The van der Waals surface area contributed by atoms with E-state index in [1.807, 2.05) is 0 Å². The van der Waals surface area contributed by atoms with E-state index in [0.717, 1.165) is 56.0 Å². The summed E-state index contributed by atoms with van der Waals surface area (Å²) in [5, 5.41) is 49.7. The molecule has 0 bridgehead atoms. The van der Waals surface area contributed by atoms with Crippen LogP contribution in [-0.4, -0.2) is 115 Å². The fourth-order valence-corrected chi connectivity index (χ4v) is 5.36. The molecule has 7 N–H and O–H groups in total. The van der Waals surface area contributed by atoms with Gasteiger partial charge in [0, 0.05) is 24.3 Å². The number of unbranched alkanes of at least 4 members (excludes halogenated alkanes) is 6. The number of carbonyl (C=O) groups is 3. The maximum Gasteiger partial charge on any atom is 0.306 e. The van der Waals surface area contributed by atoms with Crippen molar-refractivity contribution in [3.63, 3.8) is 0 Å². The van der Waals surface area contributed by atoms with E-state index in [0.29, 0.717) is 6.42 Å². The summed E-state index contributed by atoms with van der Waals surface area (Å²) in [7, 11) is 0. The standard InChI is InChI=1S/C28H49N5O10S/c1-3-5-7-9-11-22(35)41-15-18(42-23(36)12-10-8-6-4-2)16-44-17-19(29)27(40)30-21-13-33(32-31-21)28-26(39)25(38)24(37)20(14-34)43-28/h13,18-20,24-26,28,34,37-39H,3-12,14-17,29H2,1-2H3,(H,30,40). The summed E-state index contributed by atoms with van der Waals surface area (Å²) in [6.07, 6.45) is 1.55. The van der Waals surface area contributed by atoms with Crippen molar-refractivity contribution in [2.24, 2.45) is 5.73 Å². The number of amides is 1. The summed E-state index contributed by atoms with van der Waals surface area (Å²) >= 11 is 1.27. The molecule has 15 nitrogen and oxygen atoms in total. The number of hydrogen-bond acceptors (Lipinski definition) is 14. The Balaban J connectivity index is 1.86. The fraction of sp³-hybridized carbons (Fsp3) is 0.821. The van der Waals surface area contributed by atoms with E-state index in [2.05, 4.69) is 29.5 Å². The van der Waals surface area contributed by atoms with Gasteiger partial charge < -0.3 is 45.7 Å². The summed E-state index contributed by atoms with van der Waals surface area (Å²) in [6.45, 7) is 3.49. The molecule has 2 heterocycles. The number of nitrogens with two attached hydrogens (primary N) is 1. The SMILES string of the molecule is CCCCCCC(=O)OCC(CSCC(N)C(=O)Nc1cn(C2OC(CO)C(O)C(O)C2O)nn1)OC(=O)CCCCCC. The van der Waals surface area contributed by atoms with Gasteiger partial charge in [0.2, 0.25) is 5.91 Å². The van der Waals surface area contributed by atoms with E-state index in [1.54, 1.807) is 0 Å². The monoisotopic (exact) mass is 647 g/mol. The number of aliphatic hydroxyl groups is 4. The largest absolute Gasteiger partial charge is 0.462 e. The van der Waals surface area contributed by atoms with E-state index >= 15 is 0 Å². The Bertz CT molecular complexity index is 1000. The molecule has 7 unspecified atom stereocenters. The number of carbonyl (C=O) groups excluding carboxylic acids is 3. The minimum Gasteiger partial charge on any atom is -0.462 e. The Morgan fingerprint density at radius 3 is 2.30 bits per heavy atom. The first-order valence-corrected chi connectivity index (χ1v) is 16.5. The molecule has 1 aromatic rings. The molecular formula is C28H49N5O10S. The highest BCUT2D eigenvalue weighted by Crippen LogP contribution is 2.28. The molecule has 0 aromatic carbocycles. The van der Waals surface area contributed by atoms with Gasteiger partial charge in [0.15, 0.2) is 12.0 Å². The highest BCUT2D eigenvalue weighted by molar-refractivity contribution is 7.99. The first-order valence-electron chi connectivity index (χ1n) is 15.3. The number of aromatic nitrogens is 3. The number of rotatable bonds is 21. The quantitative estimate of drug-likeness (QED) is 0.0795. The molecule has 16 heteroatoms. The van der Waals surface area contributed by atoms with Crippen molar-refractivity contribution in [3.8, 4) is 0 Å². The van der Waals surface area contributed by atoms with Gasteiger partial charge in [0.1, 0.15) is 37.1 Å². The van der Waals surface area contributed by atoms with Crippen LogP contribution in [-0.2, 0) is 28.6 Å². The van der Waals surface area contributed by atoms with Crippen LogP contribution in [0.2, 0.25) is 0 Å². The van der Waals surface area contributed by atoms with E-state index in [9.17, 15) is 34.8 Å². The third-order valence-electron chi connectivity index (χ3n) is 7.02. The summed E-state index contributed by atoms with van der Waals surface area (Å²) in [4.78, 5) is 37.2. The molecule has 0 aliphatic carbocycles. The van der Waals surface area contributed by atoms with Crippen molar-refractivity contribution in [1.29, 1.82) is 0 Å². The molecule has 7 atom stereocenters. The van der Waals surface area contributed by atoms with Crippen molar-refractivity contribution in [2.75, 3.05) is 30.0 Å². The molecule has 1 amide bonds. The lowest BCUT2D eigenvalue weighted by Gasteiger charge is -2.39. The Morgan fingerprint density at radius 2 is 1.66 bits per heavy atom. The lowest BCUT2D eigenvalue weighted by atomic mass is 9.98. The van der Waals surface area contributed by atoms with Crippen molar-refractivity contribution < 1.29 is 49.0 Å². The number of hydrogen-bond donors (Lipinski definition) is 6. The van der Waals surface area contributed by atoms with Gasteiger partial charge in [-0.25, -0.2) is 4.68 Å². The number of thioether (sulfide) groups is 1. The number of esters is 2. The van der Waals surface area contributed by atoms with Crippen molar-refractivity contribution in [2.45, 2.75) is 121 Å². The van der Waals surface area contributed by atoms with E-state index in [4.69, 9.17) is 19.9 Å². The third kappa shape index (κ3) is 12.9. The van der Waals surface area contributed by atoms with Crippen LogP contribution < -0.4 is 11.1 Å². The molecule has 1 aliphatic heterocycles. The van der Waals surface area contributed by atoms with Gasteiger partial charge in [-0.3, -0.25) is 14.4 Å². The number of aliphatic hydroxyl groups excluding tert-OH is 4. The van der Waals surface area contributed by atoms with Gasteiger partial charge in [-0.2, -0.15) is 11.8 Å². The topological polar surface area (TPSA) is 229 Å². The minimum atomic E-state index is -1.60. The maximum atomic E-state index is 12.7. The minimum absolute atomic E-state index is 0.00635. The summed E-state index contributed by atoms with van der Waals surface area (Å²) < 4.78 is 17.4. The smallest absolute Gasteiger partial charge is 0.306 e. The third-order valence-corrected chi connectivity index (χ3v) is 8.23. The number of nitrogens with zero attached hydrogens (tertiary/aromatic N) is 3. The molecule has 252 valence electrons. The predicted molar refractivity (Wildman–Crippen MR) is 161 cm³/mol. The normalized spacial score (nSPS) is 23.1. The first-order chi connectivity index (χ1) is 21.1. The van der Waals surface area contributed by atoms with E-state index < -0.39 is 55.3 Å². The van der Waals surface area contributed by atoms with Crippen LogP contribution in [0.15, 0.2) is 6.20 Å². The summed E-state index contributed by atoms with van der Waals surface area (Å²) in [6, 6.07) is -0.982. The second-order valence-corrected chi connectivity index (χ2v) is 11.9. The van der Waals surface area contributed by atoms with Crippen molar-refractivity contribution >= 4 is 35.4 Å². The van der Waals surface area contributed by atoms with Crippen LogP contribution in [0.5, 0.6) is 0 Å². The Morgan fingerprint density at radius 1 is 1.00 bits per heavy atom. The Kier molecular flexibility index (Phi) is 17.8. The second-order valence-electron chi connectivity index (χ2n) is 10.9. The van der Waals surface area contributed by atoms with Crippen LogP contribution in [0.25, 0.3) is 0 Å². The van der Waals surface area contributed by atoms with Crippen molar-refractivity contribution in [3.05, 3.63) is 6.20 Å². The van der Waals surface area contributed by atoms with Gasteiger partial charge in [-0.15, -0.1) is 5.10 Å². The Labute approximate surface area is 262 Å². The van der Waals surface area contributed by atoms with E-state index in [-0.39, 0.29) is 42.3 Å². The van der Waals surface area contributed by atoms with Gasteiger partial charge >= 0.3 is 11.9 Å². The molecular weight excluding hydrogens is 598 g/mol. The molecule has 2 rings (SSSR count). The Hall–Kier alpha value is -2.34. The van der Waals surface area contributed by atoms with Gasteiger partial charge in [-0.05, 0) is 12.8 Å². The zero-order valence-electron chi connectivity index (χ0n) is 25.6.